The van der Waals surface area contributed by atoms with Crippen LogP contribution in [0.4, 0.5) is 5.69 Å². The minimum absolute atomic E-state index is 0.0881. The summed E-state index contributed by atoms with van der Waals surface area (Å²) in [5, 5.41) is 2.81. The van der Waals surface area contributed by atoms with Crippen LogP contribution in [-0.4, -0.2) is 46.4 Å². The van der Waals surface area contributed by atoms with E-state index in [0.717, 1.165) is 11.8 Å². The van der Waals surface area contributed by atoms with Gasteiger partial charge < -0.3 is 19.5 Å². The van der Waals surface area contributed by atoms with Gasteiger partial charge >= 0.3 is 0 Å². The first-order valence-corrected chi connectivity index (χ1v) is 11.6. The minimum Gasteiger partial charge on any atom is -0.490 e. The van der Waals surface area contributed by atoms with E-state index in [2.05, 4.69) is 5.32 Å². The van der Waals surface area contributed by atoms with Crippen LogP contribution in [0.3, 0.4) is 0 Å². The minimum atomic E-state index is -3.55. The summed E-state index contributed by atoms with van der Waals surface area (Å²) < 4.78 is 42.5. The zero-order chi connectivity index (χ0) is 21.7. The molecule has 0 saturated heterocycles. The zero-order valence-electron chi connectivity index (χ0n) is 17.3. The molecule has 0 spiro atoms. The van der Waals surface area contributed by atoms with Gasteiger partial charge in [-0.25, -0.2) is 8.42 Å². The van der Waals surface area contributed by atoms with Crippen LogP contribution in [0.2, 0.25) is 0 Å². The number of carbonyl (C=O) groups is 1. The molecular weight excluding hydrogens is 408 g/mol. The second-order valence-electron chi connectivity index (χ2n) is 6.73. The number of fused-ring (bicyclic) bond motifs is 1. The van der Waals surface area contributed by atoms with Gasteiger partial charge in [-0.1, -0.05) is 18.2 Å². The van der Waals surface area contributed by atoms with E-state index < -0.39 is 22.0 Å². The summed E-state index contributed by atoms with van der Waals surface area (Å²) in [5.74, 6) is 1.21. The monoisotopic (exact) mass is 434 g/mol. The molecule has 0 aromatic heterocycles. The van der Waals surface area contributed by atoms with Gasteiger partial charge in [-0.15, -0.1) is 0 Å². The summed E-state index contributed by atoms with van der Waals surface area (Å²) >= 11 is 0. The summed E-state index contributed by atoms with van der Waals surface area (Å²) in [6, 6.07) is 12.2. The Hall–Kier alpha value is -2.94. The van der Waals surface area contributed by atoms with Crippen LogP contribution in [-0.2, 0) is 21.4 Å². The van der Waals surface area contributed by atoms with Crippen LogP contribution in [0.15, 0.2) is 42.5 Å². The van der Waals surface area contributed by atoms with Crippen molar-refractivity contribution in [2.45, 2.75) is 26.5 Å². The first-order valence-electron chi connectivity index (χ1n) is 9.73. The van der Waals surface area contributed by atoms with E-state index in [1.807, 2.05) is 26.0 Å². The van der Waals surface area contributed by atoms with Crippen LogP contribution in [0.25, 0.3) is 0 Å². The van der Waals surface area contributed by atoms with Gasteiger partial charge in [-0.3, -0.25) is 9.10 Å². The fourth-order valence-corrected chi connectivity index (χ4v) is 4.08. The Morgan fingerprint density at radius 1 is 1.13 bits per heavy atom. The van der Waals surface area contributed by atoms with Gasteiger partial charge in [0, 0.05) is 6.54 Å². The molecule has 0 saturated carbocycles. The molecule has 8 nitrogen and oxygen atoms in total. The summed E-state index contributed by atoms with van der Waals surface area (Å²) in [4.78, 5) is 12.7. The highest BCUT2D eigenvalue weighted by Crippen LogP contribution is 2.34. The highest BCUT2D eigenvalue weighted by atomic mass is 32.2. The second kappa shape index (κ2) is 9.25. The van der Waals surface area contributed by atoms with Gasteiger partial charge in [0.2, 0.25) is 10.0 Å². The number of rotatable bonds is 8. The Labute approximate surface area is 176 Å². The molecule has 0 bridgehead atoms. The first-order chi connectivity index (χ1) is 14.3. The third kappa shape index (κ3) is 4.96. The third-order valence-electron chi connectivity index (χ3n) is 4.50. The van der Waals surface area contributed by atoms with Gasteiger partial charge in [0.25, 0.3) is 5.91 Å². The molecule has 2 aromatic rings. The fraction of sp³-hybridized carbons (Fsp3) is 0.381. The molecule has 0 fully saturated rings. The molecule has 3 rings (SSSR count). The Kier molecular flexibility index (Phi) is 6.71. The SMILES string of the molecule is CCOc1ccc(CNC(=O)[C@@H]2CN(S(C)(=O)=O)c3ccccc3O2)cc1OCC. The average molecular weight is 435 g/mol. The Balaban J connectivity index is 1.72. The van der Waals surface area contributed by atoms with E-state index in [-0.39, 0.29) is 13.1 Å². The molecular formula is C21H26N2O6S. The molecule has 162 valence electrons. The molecule has 1 aliphatic heterocycles. The van der Waals surface area contributed by atoms with Crippen molar-refractivity contribution < 1.29 is 27.4 Å². The summed E-state index contributed by atoms with van der Waals surface area (Å²) in [6.45, 7) is 4.95. The first kappa shape index (κ1) is 21.8. The number of nitrogens with one attached hydrogen (secondary N) is 1. The van der Waals surface area contributed by atoms with Crippen molar-refractivity contribution >= 4 is 21.6 Å². The number of ether oxygens (including phenoxy) is 3. The molecule has 0 aliphatic carbocycles. The lowest BCUT2D eigenvalue weighted by Gasteiger charge is -2.33. The fourth-order valence-electron chi connectivity index (χ4n) is 3.16. The molecule has 0 unspecified atom stereocenters. The number of benzene rings is 2. The number of hydrogen-bond acceptors (Lipinski definition) is 6. The Bertz CT molecular complexity index is 1010. The van der Waals surface area contributed by atoms with Crippen molar-refractivity contribution in [1.29, 1.82) is 0 Å². The number of hydrogen-bond donors (Lipinski definition) is 1. The largest absolute Gasteiger partial charge is 0.490 e. The topological polar surface area (TPSA) is 94.2 Å². The van der Waals surface area contributed by atoms with Crippen molar-refractivity contribution in [3.8, 4) is 17.2 Å². The maximum atomic E-state index is 12.7. The number of amides is 1. The van der Waals surface area contributed by atoms with E-state index in [0.29, 0.717) is 36.1 Å². The summed E-state index contributed by atoms with van der Waals surface area (Å²) in [6.07, 6.45) is 0.155. The quantitative estimate of drug-likeness (QED) is 0.685. The number of anilines is 1. The van der Waals surface area contributed by atoms with Gasteiger partial charge in [0.1, 0.15) is 5.75 Å². The van der Waals surface area contributed by atoms with Crippen molar-refractivity contribution in [3.63, 3.8) is 0 Å². The van der Waals surface area contributed by atoms with Crippen LogP contribution in [0.1, 0.15) is 19.4 Å². The van der Waals surface area contributed by atoms with Crippen LogP contribution < -0.4 is 23.8 Å². The molecule has 1 heterocycles. The third-order valence-corrected chi connectivity index (χ3v) is 5.65. The Morgan fingerprint density at radius 2 is 1.83 bits per heavy atom. The maximum Gasteiger partial charge on any atom is 0.263 e. The molecule has 1 aliphatic rings. The smallest absolute Gasteiger partial charge is 0.263 e. The highest BCUT2D eigenvalue weighted by Gasteiger charge is 2.34. The van der Waals surface area contributed by atoms with Crippen LogP contribution in [0.5, 0.6) is 17.2 Å². The number of sulfonamides is 1. The van der Waals surface area contributed by atoms with Crippen molar-refractivity contribution in [2.75, 3.05) is 30.3 Å². The van der Waals surface area contributed by atoms with Gasteiger partial charge in [-0.2, -0.15) is 0 Å². The van der Waals surface area contributed by atoms with Gasteiger partial charge in [0.05, 0.1) is 31.7 Å². The molecule has 1 atom stereocenters. The molecule has 2 aromatic carbocycles. The van der Waals surface area contributed by atoms with E-state index in [4.69, 9.17) is 14.2 Å². The maximum absolute atomic E-state index is 12.7. The van der Waals surface area contributed by atoms with Crippen molar-refractivity contribution in [2.24, 2.45) is 0 Å². The molecule has 1 N–H and O–H groups in total. The van der Waals surface area contributed by atoms with E-state index in [1.165, 1.54) is 4.31 Å². The standard InChI is InChI=1S/C21H26N2O6S/c1-4-27-18-11-10-15(12-19(18)28-5-2)13-22-21(24)20-14-23(30(3,25)26)16-8-6-7-9-17(16)29-20/h6-12,20H,4-5,13-14H2,1-3H3,(H,22,24)/t20-/m0/s1. The van der Waals surface area contributed by atoms with Crippen molar-refractivity contribution in [1.82, 2.24) is 5.32 Å². The van der Waals surface area contributed by atoms with Crippen LogP contribution >= 0.6 is 0 Å². The average Bonchev–Trinajstić information content (AvgIpc) is 2.72. The zero-order valence-corrected chi connectivity index (χ0v) is 18.1. The lowest BCUT2D eigenvalue weighted by atomic mass is 10.2. The normalized spacial score (nSPS) is 15.7. The predicted octanol–water partition coefficient (Wildman–Crippen LogP) is 2.33. The number of carbonyl (C=O) groups excluding carboxylic acids is 1. The molecule has 30 heavy (non-hydrogen) atoms. The summed E-state index contributed by atoms with van der Waals surface area (Å²) in [7, 11) is -3.55. The van der Waals surface area contributed by atoms with E-state index in [1.54, 1.807) is 30.3 Å². The van der Waals surface area contributed by atoms with E-state index >= 15 is 0 Å². The lowest BCUT2D eigenvalue weighted by Crippen LogP contribution is -2.50. The van der Waals surface area contributed by atoms with Crippen molar-refractivity contribution in [3.05, 3.63) is 48.0 Å². The lowest BCUT2D eigenvalue weighted by molar-refractivity contribution is -0.127. The summed E-state index contributed by atoms with van der Waals surface area (Å²) in [5.41, 5.74) is 1.25. The van der Waals surface area contributed by atoms with Crippen LogP contribution in [0, 0.1) is 0 Å². The highest BCUT2D eigenvalue weighted by molar-refractivity contribution is 7.92. The van der Waals surface area contributed by atoms with Gasteiger partial charge in [-0.05, 0) is 43.7 Å². The number of para-hydroxylation sites is 2. The Morgan fingerprint density at radius 3 is 2.53 bits per heavy atom. The molecule has 9 heteroatoms. The molecule has 0 radical (unpaired) electrons. The molecule has 1 amide bonds. The number of nitrogens with zero attached hydrogens (tertiary/aromatic N) is 1. The second-order valence-corrected chi connectivity index (χ2v) is 8.64. The van der Waals surface area contributed by atoms with E-state index in [9.17, 15) is 13.2 Å². The predicted molar refractivity (Wildman–Crippen MR) is 114 cm³/mol. The van der Waals surface area contributed by atoms with Gasteiger partial charge in [0.15, 0.2) is 17.6 Å².